The largest absolute Gasteiger partial charge is 0.368 e. The molecule has 0 radical (unpaired) electrons. The SMILES string of the molecule is Nc1ncc(-c2ccc(-c3cccnc3S(=O)C3CCCC3)cc2F)cn1. The molecule has 27 heavy (non-hydrogen) atoms. The molecule has 4 rings (SSSR count). The predicted molar refractivity (Wildman–Crippen MR) is 104 cm³/mol. The smallest absolute Gasteiger partial charge is 0.219 e. The lowest BCUT2D eigenvalue weighted by Crippen LogP contribution is -2.12. The van der Waals surface area contributed by atoms with Crippen molar-refractivity contribution < 1.29 is 8.60 Å². The molecule has 3 aromatic rings. The quantitative estimate of drug-likeness (QED) is 0.738. The third kappa shape index (κ3) is 3.60. The van der Waals surface area contributed by atoms with Gasteiger partial charge in [-0.1, -0.05) is 31.0 Å². The first-order chi connectivity index (χ1) is 13.1. The van der Waals surface area contributed by atoms with Crippen LogP contribution < -0.4 is 5.73 Å². The minimum absolute atomic E-state index is 0.134. The maximum atomic E-state index is 14.8. The lowest BCUT2D eigenvalue weighted by atomic mass is 10.0. The number of hydrogen-bond acceptors (Lipinski definition) is 5. The number of nitrogens with two attached hydrogens (primary N) is 1. The summed E-state index contributed by atoms with van der Waals surface area (Å²) in [5.74, 6) is -0.257. The number of nitrogen functional groups attached to an aromatic ring is 1. The van der Waals surface area contributed by atoms with Gasteiger partial charge in [-0.25, -0.2) is 19.3 Å². The van der Waals surface area contributed by atoms with Crippen molar-refractivity contribution in [2.45, 2.75) is 36.0 Å². The summed E-state index contributed by atoms with van der Waals surface area (Å²) in [7, 11) is -1.19. The van der Waals surface area contributed by atoms with Crippen LogP contribution in [-0.4, -0.2) is 24.4 Å². The zero-order chi connectivity index (χ0) is 18.8. The van der Waals surface area contributed by atoms with Crippen LogP contribution >= 0.6 is 0 Å². The van der Waals surface area contributed by atoms with E-state index in [1.54, 1.807) is 24.4 Å². The van der Waals surface area contributed by atoms with E-state index in [1.807, 2.05) is 6.07 Å². The summed E-state index contributed by atoms with van der Waals surface area (Å²) in [6.07, 6.45) is 8.73. The van der Waals surface area contributed by atoms with Gasteiger partial charge in [-0.3, -0.25) is 4.21 Å². The molecule has 138 valence electrons. The highest BCUT2D eigenvalue weighted by Gasteiger charge is 2.25. The van der Waals surface area contributed by atoms with Gasteiger partial charge in [0.1, 0.15) is 10.8 Å². The molecule has 5 nitrogen and oxygen atoms in total. The fourth-order valence-electron chi connectivity index (χ4n) is 3.42. The van der Waals surface area contributed by atoms with E-state index in [9.17, 15) is 8.60 Å². The monoisotopic (exact) mass is 382 g/mol. The molecule has 2 heterocycles. The molecule has 2 N–H and O–H groups in total. The van der Waals surface area contributed by atoms with Gasteiger partial charge in [0.2, 0.25) is 5.95 Å². The van der Waals surface area contributed by atoms with Crippen molar-refractivity contribution in [2.24, 2.45) is 0 Å². The van der Waals surface area contributed by atoms with Crippen LogP contribution in [0.2, 0.25) is 0 Å². The second-order valence-electron chi connectivity index (χ2n) is 6.58. The average Bonchev–Trinajstić information content (AvgIpc) is 3.23. The van der Waals surface area contributed by atoms with Crippen molar-refractivity contribution in [3.8, 4) is 22.3 Å². The van der Waals surface area contributed by atoms with Crippen LogP contribution in [0.3, 0.4) is 0 Å². The van der Waals surface area contributed by atoms with Crippen LogP contribution in [0.25, 0.3) is 22.3 Å². The Labute approximate surface area is 159 Å². The van der Waals surface area contributed by atoms with Crippen molar-refractivity contribution in [1.29, 1.82) is 0 Å². The first-order valence-electron chi connectivity index (χ1n) is 8.87. The van der Waals surface area contributed by atoms with Gasteiger partial charge in [-0.2, -0.15) is 0 Å². The molecule has 0 amide bonds. The van der Waals surface area contributed by atoms with E-state index in [-0.39, 0.29) is 11.2 Å². The Kier molecular flexibility index (Phi) is 4.94. The molecule has 2 aromatic heterocycles. The van der Waals surface area contributed by atoms with Gasteiger partial charge in [0.25, 0.3) is 0 Å². The van der Waals surface area contributed by atoms with Gasteiger partial charge >= 0.3 is 0 Å². The summed E-state index contributed by atoms with van der Waals surface area (Å²) < 4.78 is 27.7. The predicted octanol–water partition coefficient (Wildman–Crippen LogP) is 3.98. The third-order valence-corrected chi connectivity index (χ3v) is 6.61. The number of pyridine rings is 1. The van der Waals surface area contributed by atoms with E-state index < -0.39 is 16.6 Å². The van der Waals surface area contributed by atoms with Crippen molar-refractivity contribution in [2.75, 3.05) is 5.73 Å². The van der Waals surface area contributed by atoms with Crippen LogP contribution in [-0.2, 0) is 10.8 Å². The van der Waals surface area contributed by atoms with E-state index in [0.29, 0.717) is 27.3 Å². The molecule has 0 spiro atoms. The summed E-state index contributed by atoms with van der Waals surface area (Å²) >= 11 is 0. The Morgan fingerprint density at radius 3 is 2.44 bits per heavy atom. The van der Waals surface area contributed by atoms with Gasteiger partial charge in [-0.15, -0.1) is 0 Å². The number of anilines is 1. The fraction of sp³-hybridized carbons (Fsp3) is 0.250. The van der Waals surface area contributed by atoms with E-state index in [2.05, 4.69) is 15.0 Å². The summed E-state index contributed by atoms with van der Waals surface area (Å²) in [5.41, 5.74) is 7.79. The number of hydrogen-bond donors (Lipinski definition) is 1. The molecule has 1 aromatic carbocycles. The molecule has 1 fully saturated rings. The minimum atomic E-state index is -1.19. The number of rotatable bonds is 4. The normalized spacial score (nSPS) is 15.7. The highest BCUT2D eigenvalue weighted by molar-refractivity contribution is 7.85. The van der Waals surface area contributed by atoms with Gasteiger partial charge in [0.05, 0.1) is 10.8 Å². The fourth-order valence-corrected chi connectivity index (χ4v) is 5.07. The summed E-state index contributed by atoms with van der Waals surface area (Å²) in [6, 6.07) is 8.55. The zero-order valence-corrected chi connectivity index (χ0v) is 15.5. The van der Waals surface area contributed by atoms with Crippen LogP contribution in [0, 0.1) is 5.82 Å². The first-order valence-corrected chi connectivity index (χ1v) is 10.1. The summed E-state index contributed by atoms with van der Waals surface area (Å²) in [4.78, 5) is 12.2. The average molecular weight is 382 g/mol. The molecule has 1 atom stereocenters. The zero-order valence-electron chi connectivity index (χ0n) is 14.6. The summed E-state index contributed by atoms with van der Waals surface area (Å²) in [5, 5.41) is 0.669. The maximum absolute atomic E-state index is 14.8. The molecular weight excluding hydrogens is 363 g/mol. The highest BCUT2D eigenvalue weighted by Crippen LogP contribution is 2.33. The summed E-state index contributed by atoms with van der Waals surface area (Å²) in [6.45, 7) is 0. The first kappa shape index (κ1) is 17.7. The minimum Gasteiger partial charge on any atom is -0.368 e. The lowest BCUT2D eigenvalue weighted by Gasteiger charge is -2.13. The van der Waals surface area contributed by atoms with Gasteiger partial charge in [0.15, 0.2) is 0 Å². The Balaban J connectivity index is 1.71. The van der Waals surface area contributed by atoms with Crippen molar-refractivity contribution in [3.63, 3.8) is 0 Å². The maximum Gasteiger partial charge on any atom is 0.219 e. The molecule has 1 unspecified atom stereocenters. The Morgan fingerprint density at radius 1 is 1.00 bits per heavy atom. The van der Waals surface area contributed by atoms with Crippen LogP contribution in [0.5, 0.6) is 0 Å². The number of halogens is 1. The molecule has 0 bridgehead atoms. The topological polar surface area (TPSA) is 81.8 Å². The second-order valence-corrected chi connectivity index (χ2v) is 8.23. The van der Waals surface area contributed by atoms with E-state index in [4.69, 9.17) is 5.73 Å². The second kappa shape index (κ2) is 7.52. The van der Waals surface area contributed by atoms with E-state index >= 15 is 0 Å². The standard InChI is InChI=1S/C20H19FN4OS/c21-18-10-13(7-8-16(18)14-11-24-20(22)25-12-14)17-6-3-9-23-19(17)27(26)15-4-1-2-5-15/h3,6-12,15H,1-2,4-5H2,(H2,22,24,25). The van der Waals surface area contributed by atoms with Crippen LogP contribution in [0.15, 0.2) is 53.9 Å². The highest BCUT2D eigenvalue weighted by atomic mass is 32.2. The Hall–Kier alpha value is -2.67. The molecule has 0 saturated heterocycles. The van der Waals surface area contributed by atoms with E-state index in [1.165, 1.54) is 18.5 Å². The third-order valence-electron chi connectivity index (χ3n) is 4.83. The van der Waals surface area contributed by atoms with Crippen molar-refractivity contribution in [3.05, 3.63) is 54.7 Å². The van der Waals surface area contributed by atoms with Gasteiger partial charge < -0.3 is 5.73 Å². The van der Waals surface area contributed by atoms with Gasteiger partial charge in [-0.05, 0) is 30.5 Å². The molecule has 1 saturated carbocycles. The van der Waals surface area contributed by atoms with Gasteiger partial charge in [0, 0.05) is 40.5 Å². The lowest BCUT2D eigenvalue weighted by molar-refractivity contribution is 0.631. The Bertz CT molecular complexity index is 988. The number of benzene rings is 1. The Morgan fingerprint density at radius 2 is 1.74 bits per heavy atom. The van der Waals surface area contributed by atoms with Crippen molar-refractivity contribution in [1.82, 2.24) is 15.0 Å². The number of nitrogens with zero attached hydrogens (tertiary/aromatic N) is 3. The van der Waals surface area contributed by atoms with Crippen LogP contribution in [0.4, 0.5) is 10.3 Å². The van der Waals surface area contributed by atoms with E-state index in [0.717, 1.165) is 25.7 Å². The van der Waals surface area contributed by atoms with Crippen LogP contribution in [0.1, 0.15) is 25.7 Å². The van der Waals surface area contributed by atoms with Crippen molar-refractivity contribution >= 4 is 16.7 Å². The number of aromatic nitrogens is 3. The molecule has 0 aliphatic heterocycles. The molecule has 1 aliphatic rings. The molecule has 7 heteroatoms. The molecule has 1 aliphatic carbocycles. The molecular formula is C20H19FN4OS.